The van der Waals surface area contributed by atoms with E-state index < -0.39 is 6.10 Å². The molecule has 3 N–H and O–H groups in total. The molecule has 4 heteroatoms. The van der Waals surface area contributed by atoms with Crippen molar-refractivity contribution in [3.05, 3.63) is 29.8 Å². The molecule has 0 aliphatic rings. The van der Waals surface area contributed by atoms with Crippen molar-refractivity contribution in [3.8, 4) is 0 Å². The van der Waals surface area contributed by atoms with Crippen LogP contribution in [0.2, 0.25) is 0 Å². The lowest BCUT2D eigenvalue weighted by molar-refractivity contribution is -0.126. The SMILES string of the molecule is CC(C)CCOC(C)C(=O)Nc1ccc(CN)cc1. The number of ether oxygens (including phenoxy) is 1. The van der Waals surface area contributed by atoms with Crippen molar-refractivity contribution < 1.29 is 9.53 Å². The molecule has 0 aliphatic carbocycles. The topological polar surface area (TPSA) is 64.3 Å². The number of hydrogen-bond donors (Lipinski definition) is 2. The van der Waals surface area contributed by atoms with E-state index in [2.05, 4.69) is 19.2 Å². The molecule has 0 bridgehead atoms. The molecule has 1 aromatic rings. The lowest BCUT2D eigenvalue weighted by Gasteiger charge is -2.14. The number of carbonyl (C=O) groups is 1. The van der Waals surface area contributed by atoms with Gasteiger partial charge in [-0.05, 0) is 37.0 Å². The number of benzene rings is 1. The summed E-state index contributed by atoms with van der Waals surface area (Å²) in [6, 6.07) is 7.50. The first-order chi connectivity index (χ1) is 9.02. The van der Waals surface area contributed by atoms with Gasteiger partial charge in [0, 0.05) is 18.8 Å². The maximum Gasteiger partial charge on any atom is 0.253 e. The first kappa shape index (κ1) is 15.7. The van der Waals surface area contributed by atoms with E-state index in [1.807, 2.05) is 24.3 Å². The van der Waals surface area contributed by atoms with Crippen LogP contribution in [0.5, 0.6) is 0 Å². The van der Waals surface area contributed by atoms with Crippen molar-refractivity contribution in [3.63, 3.8) is 0 Å². The zero-order chi connectivity index (χ0) is 14.3. The second-order valence-corrected chi connectivity index (χ2v) is 5.09. The third-order valence-corrected chi connectivity index (χ3v) is 2.89. The molecule has 106 valence electrons. The zero-order valence-corrected chi connectivity index (χ0v) is 12.0. The van der Waals surface area contributed by atoms with Crippen molar-refractivity contribution in [2.45, 2.75) is 39.8 Å². The highest BCUT2D eigenvalue weighted by atomic mass is 16.5. The molecule has 1 rings (SSSR count). The molecule has 0 aliphatic heterocycles. The first-order valence-corrected chi connectivity index (χ1v) is 6.74. The highest BCUT2D eigenvalue weighted by Crippen LogP contribution is 2.10. The predicted octanol–water partition coefficient (Wildman–Crippen LogP) is 2.54. The summed E-state index contributed by atoms with van der Waals surface area (Å²) >= 11 is 0. The van der Waals surface area contributed by atoms with Crippen LogP contribution in [0, 0.1) is 5.92 Å². The smallest absolute Gasteiger partial charge is 0.253 e. The molecule has 0 spiro atoms. The second-order valence-electron chi connectivity index (χ2n) is 5.09. The minimum atomic E-state index is -0.437. The Hall–Kier alpha value is -1.39. The van der Waals surface area contributed by atoms with Gasteiger partial charge in [-0.3, -0.25) is 4.79 Å². The summed E-state index contributed by atoms with van der Waals surface area (Å²) in [6.45, 7) is 7.14. The van der Waals surface area contributed by atoms with E-state index in [1.165, 1.54) is 0 Å². The molecule has 19 heavy (non-hydrogen) atoms. The van der Waals surface area contributed by atoms with Crippen LogP contribution < -0.4 is 11.1 Å². The third kappa shape index (κ3) is 5.85. The summed E-state index contributed by atoms with van der Waals surface area (Å²) in [4.78, 5) is 11.9. The minimum Gasteiger partial charge on any atom is -0.369 e. The maximum absolute atomic E-state index is 11.9. The van der Waals surface area contributed by atoms with E-state index >= 15 is 0 Å². The summed E-state index contributed by atoms with van der Waals surface area (Å²) in [5.41, 5.74) is 7.33. The Bertz CT molecular complexity index is 388. The van der Waals surface area contributed by atoms with Gasteiger partial charge in [0.05, 0.1) is 0 Å². The summed E-state index contributed by atoms with van der Waals surface area (Å²) < 4.78 is 5.50. The van der Waals surface area contributed by atoms with Crippen LogP contribution in [-0.4, -0.2) is 18.6 Å². The van der Waals surface area contributed by atoms with Gasteiger partial charge in [-0.15, -0.1) is 0 Å². The lowest BCUT2D eigenvalue weighted by atomic mass is 10.1. The van der Waals surface area contributed by atoms with Gasteiger partial charge < -0.3 is 15.8 Å². The largest absolute Gasteiger partial charge is 0.369 e. The number of nitrogens with one attached hydrogen (secondary N) is 1. The van der Waals surface area contributed by atoms with Gasteiger partial charge in [0.1, 0.15) is 6.10 Å². The number of amides is 1. The van der Waals surface area contributed by atoms with Gasteiger partial charge in [0.15, 0.2) is 0 Å². The van der Waals surface area contributed by atoms with Crippen molar-refractivity contribution in [2.24, 2.45) is 11.7 Å². The summed E-state index contributed by atoms with van der Waals surface area (Å²) in [5.74, 6) is 0.461. The van der Waals surface area contributed by atoms with E-state index in [0.717, 1.165) is 17.7 Å². The number of rotatable bonds is 7. The summed E-state index contributed by atoms with van der Waals surface area (Å²) in [5, 5.41) is 2.83. The highest BCUT2D eigenvalue weighted by molar-refractivity contribution is 5.93. The third-order valence-electron chi connectivity index (χ3n) is 2.89. The summed E-state index contributed by atoms with van der Waals surface area (Å²) in [6.07, 6.45) is 0.524. The van der Waals surface area contributed by atoms with Gasteiger partial charge in [0.2, 0.25) is 0 Å². The molecular formula is C15H24N2O2. The minimum absolute atomic E-state index is 0.121. The van der Waals surface area contributed by atoms with Gasteiger partial charge in [-0.25, -0.2) is 0 Å². The normalized spacial score (nSPS) is 12.5. The molecule has 1 unspecified atom stereocenters. The van der Waals surface area contributed by atoms with Crippen LogP contribution in [0.4, 0.5) is 5.69 Å². The zero-order valence-electron chi connectivity index (χ0n) is 12.0. The maximum atomic E-state index is 11.9. The number of hydrogen-bond acceptors (Lipinski definition) is 3. The van der Waals surface area contributed by atoms with Gasteiger partial charge in [-0.1, -0.05) is 26.0 Å². The average Bonchev–Trinajstić information content (AvgIpc) is 2.39. The monoisotopic (exact) mass is 264 g/mol. The molecule has 1 amide bonds. The second kappa shape index (κ2) is 7.92. The Kier molecular flexibility index (Phi) is 6.53. The van der Waals surface area contributed by atoms with Gasteiger partial charge in [-0.2, -0.15) is 0 Å². The quantitative estimate of drug-likeness (QED) is 0.795. The van der Waals surface area contributed by atoms with Gasteiger partial charge in [0.25, 0.3) is 5.91 Å². The van der Waals surface area contributed by atoms with E-state index in [0.29, 0.717) is 19.1 Å². The number of carbonyl (C=O) groups excluding carboxylic acids is 1. The van der Waals surface area contributed by atoms with Crippen LogP contribution in [-0.2, 0) is 16.1 Å². The fraction of sp³-hybridized carbons (Fsp3) is 0.533. The molecule has 1 aromatic carbocycles. The first-order valence-electron chi connectivity index (χ1n) is 6.74. The molecule has 1 atom stereocenters. The van der Waals surface area contributed by atoms with Crippen LogP contribution >= 0.6 is 0 Å². The highest BCUT2D eigenvalue weighted by Gasteiger charge is 2.13. The van der Waals surface area contributed by atoms with E-state index in [4.69, 9.17) is 10.5 Å². The average molecular weight is 264 g/mol. The van der Waals surface area contributed by atoms with Gasteiger partial charge >= 0.3 is 0 Å². The number of anilines is 1. The van der Waals surface area contributed by atoms with Crippen molar-refractivity contribution in [1.29, 1.82) is 0 Å². The molecule has 0 saturated heterocycles. The van der Waals surface area contributed by atoms with Crippen molar-refractivity contribution >= 4 is 11.6 Å². The Balaban J connectivity index is 2.40. The van der Waals surface area contributed by atoms with Crippen molar-refractivity contribution in [2.75, 3.05) is 11.9 Å². The molecule has 4 nitrogen and oxygen atoms in total. The van der Waals surface area contributed by atoms with E-state index in [-0.39, 0.29) is 5.91 Å². The molecule has 0 saturated carbocycles. The van der Waals surface area contributed by atoms with Crippen LogP contribution in [0.15, 0.2) is 24.3 Å². The molecule has 0 radical (unpaired) electrons. The lowest BCUT2D eigenvalue weighted by Crippen LogP contribution is -2.28. The molecular weight excluding hydrogens is 240 g/mol. The standard InChI is InChI=1S/C15H24N2O2/c1-11(2)8-9-19-12(3)15(18)17-14-6-4-13(10-16)5-7-14/h4-7,11-12H,8-10,16H2,1-3H3,(H,17,18). The fourth-order valence-corrected chi connectivity index (χ4v) is 1.52. The Labute approximate surface area is 115 Å². The summed E-state index contributed by atoms with van der Waals surface area (Å²) in [7, 11) is 0. The van der Waals surface area contributed by atoms with Crippen LogP contribution in [0.3, 0.4) is 0 Å². The van der Waals surface area contributed by atoms with E-state index in [9.17, 15) is 4.79 Å². The predicted molar refractivity (Wildman–Crippen MR) is 77.8 cm³/mol. The molecule has 0 heterocycles. The van der Waals surface area contributed by atoms with Crippen LogP contribution in [0.1, 0.15) is 32.8 Å². The Morgan fingerprint density at radius 1 is 1.26 bits per heavy atom. The fourth-order valence-electron chi connectivity index (χ4n) is 1.52. The molecule has 0 fully saturated rings. The Morgan fingerprint density at radius 2 is 1.89 bits per heavy atom. The number of nitrogens with two attached hydrogens (primary N) is 1. The van der Waals surface area contributed by atoms with E-state index in [1.54, 1.807) is 6.92 Å². The van der Waals surface area contributed by atoms with Crippen molar-refractivity contribution in [1.82, 2.24) is 0 Å². The van der Waals surface area contributed by atoms with Crippen LogP contribution in [0.25, 0.3) is 0 Å². The Morgan fingerprint density at radius 3 is 2.42 bits per heavy atom. The molecule has 0 aromatic heterocycles.